The fourth-order valence-corrected chi connectivity index (χ4v) is 2.26. The van der Waals surface area contributed by atoms with Crippen molar-refractivity contribution in [3.63, 3.8) is 0 Å². The third kappa shape index (κ3) is 4.98. The largest absolute Gasteiger partial charge is 0.497 e. The highest BCUT2D eigenvalue weighted by Crippen LogP contribution is 2.30. The number of anilines is 2. The molecule has 5 nitrogen and oxygen atoms in total. The predicted octanol–water partition coefficient (Wildman–Crippen LogP) is 3.71. The number of alkyl halides is 3. The lowest BCUT2D eigenvalue weighted by Gasteiger charge is -2.21. The van der Waals surface area contributed by atoms with Crippen LogP contribution in [0.2, 0.25) is 0 Å². The van der Waals surface area contributed by atoms with Gasteiger partial charge in [0.25, 0.3) is 0 Å². The Morgan fingerprint density at radius 1 is 1.12 bits per heavy atom. The van der Waals surface area contributed by atoms with Crippen molar-refractivity contribution in [2.45, 2.75) is 13.1 Å². The molecule has 0 saturated heterocycles. The van der Waals surface area contributed by atoms with Gasteiger partial charge in [-0.2, -0.15) is 13.2 Å². The lowest BCUT2D eigenvalue weighted by molar-refractivity contribution is -0.137. The van der Waals surface area contributed by atoms with Crippen LogP contribution in [0.3, 0.4) is 0 Å². The van der Waals surface area contributed by atoms with Crippen molar-refractivity contribution < 1.29 is 27.5 Å². The van der Waals surface area contributed by atoms with Crippen LogP contribution in [-0.2, 0) is 15.8 Å². The van der Waals surface area contributed by atoms with Crippen molar-refractivity contribution in [2.75, 3.05) is 23.9 Å². The van der Waals surface area contributed by atoms with Gasteiger partial charge < -0.3 is 15.0 Å². The summed E-state index contributed by atoms with van der Waals surface area (Å²) in [4.78, 5) is 25.1. The highest BCUT2D eigenvalue weighted by atomic mass is 19.4. The lowest BCUT2D eigenvalue weighted by atomic mass is 10.2. The molecule has 0 unspecified atom stereocenters. The van der Waals surface area contributed by atoms with E-state index in [0.717, 1.165) is 29.2 Å². The van der Waals surface area contributed by atoms with Gasteiger partial charge in [-0.25, -0.2) is 0 Å². The van der Waals surface area contributed by atoms with Gasteiger partial charge in [0.2, 0.25) is 11.8 Å². The van der Waals surface area contributed by atoms with Crippen molar-refractivity contribution in [3.05, 3.63) is 54.1 Å². The summed E-state index contributed by atoms with van der Waals surface area (Å²) < 4.78 is 43.0. The molecule has 2 rings (SSSR count). The van der Waals surface area contributed by atoms with Crippen LogP contribution in [0.5, 0.6) is 5.75 Å². The standard InChI is InChI=1S/C18H17F3N2O3/c1-12(24)23(15-8-6-13(7-9-15)18(19,20)21)11-17(25)22-14-4-3-5-16(10-14)26-2/h3-10H,11H2,1-2H3,(H,22,25). The van der Waals surface area contributed by atoms with Crippen LogP contribution in [0.1, 0.15) is 12.5 Å². The summed E-state index contributed by atoms with van der Waals surface area (Å²) in [7, 11) is 1.49. The van der Waals surface area contributed by atoms with E-state index in [9.17, 15) is 22.8 Å². The summed E-state index contributed by atoms with van der Waals surface area (Å²) in [5, 5.41) is 2.61. The molecule has 0 aromatic heterocycles. The molecule has 0 fully saturated rings. The second-order valence-electron chi connectivity index (χ2n) is 5.43. The first-order valence-electron chi connectivity index (χ1n) is 7.60. The van der Waals surface area contributed by atoms with E-state index in [-0.39, 0.29) is 12.2 Å². The summed E-state index contributed by atoms with van der Waals surface area (Å²) in [6, 6.07) is 10.7. The first-order chi connectivity index (χ1) is 12.2. The van der Waals surface area contributed by atoms with Crippen LogP contribution < -0.4 is 15.0 Å². The van der Waals surface area contributed by atoms with E-state index in [1.807, 2.05) is 0 Å². The van der Waals surface area contributed by atoms with Gasteiger partial charge in [0.1, 0.15) is 12.3 Å². The van der Waals surface area contributed by atoms with Crippen LogP contribution >= 0.6 is 0 Å². The number of amides is 2. The van der Waals surface area contributed by atoms with Gasteiger partial charge >= 0.3 is 6.18 Å². The number of benzene rings is 2. The van der Waals surface area contributed by atoms with Gasteiger partial charge in [-0.15, -0.1) is 0 Å². The fraction of sp³-hybridized carbons (Fsp3) is 0.222. The summed E-state index contributed by atoms with van der Waals surface area (Å²) in [5.74, 6) is -0.409. The summed E-state index contributed by atoms with van der Waals surface area (Å²) in [6.45, 7) is 0.897. The maximum Gasteiger partial charge on any atom is 0.416 e. The Morgan fingerprint density at radius 2 is 1.77 bits per heavy atom. The summed E-state index contributed by atoms with van der Waals surface area (Å²) in [5.41, 5.74) is -0.151. The van der Waals surface area contributed by atoms with Crippen LogP contribution in [-0.4, -0.2) is 25.5 Å². The van der Waals surface area contributed by atoms with Gasteiger partial charge in [0, 0.05) is 24.4 Å². The third-order valence-corrected chi connectivity index (χ3v) is 3.54. The molecular formula is C18H17F3N2O3. The van der Waals surface area contributed by atoms with Crippen molar-refractivity contribution in [1.82, 2.24) is 0 Å². The van der Waals surface area contributed by atoms with E-state index in [0.29, 0.717) is 11.4 Å². The van der Waals surface area contributed by atoms with E-state index >= 15 is 0 Å². The molecule has 2 aromatic carbocycles. The smallest absolute Gasteiger partial charge is 0.416 e. The minimum absolute atomic E-state index is 0.200. The van der Waals surface area contributed by atoms with E-state index in [1.54, 1.807) is 24.3 Å². The first kappa shape index (κ1) is 19.3. The van der Waals surface area contributed by atoms with E-state index < -0.39 is 23.6 Å². The molecule has 0 aliphatic rings. The van der Waals surface area contributed by atoms with E-state index in [2.05, 4.69) is 5.32 Å². The molecule has 26 heavy (non-hydrogen) atoms. The summed E-state index contributed by atoms with van der Waals surface area (Å²) in [6.07, 6.45) is -4.47. The molecule has 0 radical (unpaired) electrons. The Balaban J connectivity index is 2.12. The number of hydrogen-bond donors (Lipinski definition) is 1. The quantitative estimate of drug-likeness (QED) is 0.878. The molecule has 0 aliphatic heterocycles. The minimum Gasteiger partial charge on any atom is -0.497 e. The van der Waals surface area contributed by atoms with Crippen LogP contribution in [0.4, 0.5) is 24.5 Å². The second kappa shape index (κ2) is 7.90. The highest BCUT2D eigenvalue weighted by Gasteiger charge is 2.30. The topological polar surface area (TPSA) is 58.6 Å². The Hall–Kier alpha value is -3.03. The molecule has 0 spiro atoms. The van der Waals surface area contributed by atoms with Gasteiger partial charge in [-0.05, 0) is 36.4 Å². The van der Waals surface area contributed by atoms with Gasteiger partial charge in [0.05, 0.1) is 12.7 Å². The number of carbonyl (C=O) groups excluding carboxylic acids is 2. The Morgan fingerprint density at radius 3 is 2.31 bits per heavy atom. The molecule has 0 saturated carbocycles. The molecule has 0 bridgehead atoms. The third-order valence-electron chi connectivity index (χ3n) is 3.54. The monoisotopic (exact) mass is 366 g/mol. The molecule has 1 N–H and O–H groups in total. The van der Waals surface area contributed by atoms with Crippen molar-refractivity contribution in [2.24, 2.45) is 0 Å². The predicted molar refractivity (Wildman–Crippen MR) is 91.1 cm³/mol. The van der Waals surface area contributed by atoms with Crippen molar-refractivity contribution >= 4 is 23.2 Å². The zero-order chi connectivity index (χ0) is 19.3. The van der Waals surface area contributed by atoms with Gasteiger partial charge in [-0.3, -0.25) is 9.59 Å². The zero-order valence-corrected chi connectivity index (χ0v) is 14.1. The SMILES string of the molecule is COc1cccc(NC(=O)CN(C(C)=O)c2ccc(C(F)(F)F)cc2)c1. The average molecular weight is 366 g/mol. The molecule has 2 amide bonds. The normalized spacial score (nSPS) is 11.0. The molecule has 0 atom stereocenters. The molecular weight excluding hydrogens is 349 g/mol. The number of nitrogens with one attached hydrogen (secondary N) is 1. The number of halogens is 3. The zero-order valence-electron chi connectivity index (χ0n) is 14.1. The number of hydrogen-bond acceptors (Lipinski definition) is 3. The molecule has 8 heteroatoms. The van der Waals surface area contributed by atoms with Crippen LogP contribution in [0.25, 0.3) is 0 Å². The van der Waals surface area contributed by atoms with Gasteiger partial charge in [0.15, 0.2) is 0 Å². The average Bonchev–Trinajstić information content (AvgIpc) is 2.59. The van der Waals surface area contributed by atoms with E-state index in [4.69, 9.17) is 4.74 Å². The molecule has 0 heterocycles. The Labute approximate surface area is 148 Å². The molecule has 2 aromatic rings. The number of carbonyl (C=O) groups is 2. The number of nitrogens with zero attached hydrogens (tertiary/aromatic N) is 1. The van der Waals surface area contributed by atoms with Crippen LogP contribution in [0.15, 0.2) is 48.5 Å². The molecule has 0 aliphatic carbocycles. The number of ether oxygens (including phenoxy) is 1. The van der Waals surface area contributed by atoms with E-state index in [1.165, 1.54) is 14.0 Å². The fourth-order valence-electron chi connectivity index (χ4n) is 2.26. The second-order valence-corrected chi connectivity index (χ2v) is 5.43. The Kier molecular flexibility index (Phi) is 5.86. The summed E-state index contributed by atoms with van der Waals surface area (Å²) >= 11 is 0. The van der Waals surface area contributed by atoms with Crippen molar-refractivity contribution in [3.8, 4) is 5.75 Å². The Bertz CT molecular complexity index is 789. The van der Waals surface area contributed by atoms with Crippen molar-refractivity contribution in [1.29, 1.82) is 0 Å². The highest BCUT2D eigenvalue weighted by molar-refractivity contribution is 6.01. The lowest BCUT2D eigenvalue weighted by Crippen LogP contribution is -2.36. The first-order valence-corrected chi connectivity index (χ1v) is 7.60. The molecule has 138 valence electrons. The maximum atomic E-state index is 12.6. The number of methoxy groups -OCH3 is 1. The minimum atomic E-state index is -4.47. The van der Waals surface area contributed by atoms with Crippen LogP contribution in [0, 0.1) is 0 Å². The number of rotatable bonds is 5. The van der Waals surface area contributed by atoms with Gasteiger partial charge in [-0.1, -0.05) is 6.07 Å². The maximum absolute atomic E-state index is 12.6.